The van der Waals surface area contributed by atoms with Gasteiger partial charge in [0.25, 0.3) is 5.91 Å². The summed E-state index contributed by atoms with van der Waals surface area (Å²) < 4.78 is 38.0. The first-order valence-corrected chi connectivity index (χ1v) is 17.1. The minimum absolute atomic E-state index is 0.140. The Hall–Kier alpha value is -2.41. The van der Waals surface area contributed by atoms with Crippen LogP contribution in [-0.2, 0) is 14.8 Å². The lowest BCUT2D eigenvalue weighted by molar-refractivity contribution is -0.00828. The van der Waals surface area contributed by atoms with Crippen LogP contribution in [0.1, 0.15) is 82.5 Å². The van der Waals surface area contributed by atoms with E-state index in [-0.39, 0.29) is 55.3 Å². The molecule has 42 heavy (non-hydrogen) atoms. The number of nitrogens with zero attached hydrogens (tertiary/aromatic N) is 2. The highest BCUT2D eigenvalue weighted by Crippen LogP contribution is 2.29. The summed E-state index contributed by atoms with van der Waals surface area (Å²) in [4.78, 5) is 28.5. The zero-order valence-corrected chi connectivity index (χ0v) is 26.6. The largest absolute Gasteiger partial charge is 0.490 e. The van der Waals surface area contributed by atoms with Gasteiger partial charge in [-0.1, -0.05) is 26.2 Å². The Morgan fingerprint density at radius 2 is 1.83 bits per heavy atom. The van der Waals surface area contributed by atoms with E-state index in [1.165, 1.54) is 17.8 Å². The van der Waals surface area contributed by atoms with Crippen molar-refractivity contribution < 1.29 is 32.6 Å². The number of hydrogen-bond acceptors (Lipinski definition) is 7. The number of benzene rings is 1. The van der Waals surface area contributed by atoms with Crippen molar-refractivity contribution in [3.8, 4) is 5.75 Å². The van der Waals surface area contributed by atoms with Gasteiger partial charge in [-0.3, -0.25) is 4.79 Å². The Balaban J connectivity index is 1.91. The molecule has 0 radical (unpaired) electrons. The maximum absolute atomic E-state index is 14.2. The van der Waals surface area contributed by atoms with Crippen molar-refractivity contribution in [3.05, 3.63) is 23.8 Å². The van der Waals surface area contributed by atoms with Crippen molar-refractivity contribution >= 4 is 27.6 Å². The molecule has 0 spiro atoms. The molecule has 3 rings (SSSR count). The van der Waals surface area contributed by atoms with E-state index in [2.05, 4.69) is 10.6 Å². The molecule has 0 aromatic heterocycles. The van der Waals surface area contributed by atoms with E-state index >= 15 is 0 Å². The molecule has 0 unspecified atom stereocenters. The van der Waals surface area contributed by atoms with Crippen LogP contribution in [0.2, 0.25) is 0 Å². The summed E-state index contributed by atoms with van der Waals surface area (Å²) in [5.41, 5.74) is 0.751. The minimum Gasteiger partial charge on any atom is -0.490 e. The van der Waals surface area contributed by atoms with Crippen molar-refractivity contribution in [2.45, 2.75) is 96.4 Å². The molecule has 1 heterocycles. The molecule has 2 aliphatic rings. The van der Waals surface area contributed by atoms with E-state index in [0.29, 0.717) is 18.0 Å². The SMILES string of the molecule is C[C@@H]1CN([C@H](C)CO)C(=O)c2cc(NC(=O)NC3CCCCC3)ccc2O[C@@H](C)CCCCO[C@H]1CN(C)S(C)(=O)=O. The normalized spacial score (nSPS) is 24.3. The fourth-order valence-corrected chi connectivity index (χ4v) is 5.87. The highest BCUT2D eigenvalue weighted by Gasteiger charge is 2.31. The van der Waals surface area contributed by atoms with E-state index < -0.39 is 22.2 Å². The molecule has 1 aromatic carbocycles. The summed E-state index contributed by atoms with van der Waals surface area (Å²) in [6.07, 6.45) is 8.17. The molecule has 238 valence electrons. The predicted octanol–water partition coefficient (Wildman–Crippen LogP) is 3.83. The third-order valence-electron chi connectivity index (χ3n) is 8.25. The number of urea groups is 1. The zero-order valence-electron chi connectivity index (χ0n) is 25.8. The number of carbonyl (C=O) groups is 2. The van der Waals surface area contributed by atoms with Crippen LogP contribution in [0.3, 0.4) is 0 Å². The van der Waals surface area contributed by atoms with E-state index in [1.807, 2.05) is 13.8 Å². The molecule has 1 fully saturated rings. The highest BCUT2D eigenvalue weighted by molar-refractivity contribution is 7.88. The second-order valence-corrected chi connectivity index (χ2v) is 14.1. The van der Waals surface area contributed by atoms with E-state index in [9.17, 15) is 23.1 Å². The number of amides is 3. The van der Waals surface area contributed by atoms with Crippen LogP contribution in [0.25, 0.3) is 0 Å². The Kier molecular flexibility index (Phi) is 12.9. The van der Waals surface area contributed by atoms with Crippen LogP contribution in [-0.4, -0.2) is 98.6 Å². The molecular weight excluding hydrogens is 560 g/mol. The van der Waals surface area contributed by atoms with Crippen molar-refractivity contribution in [3.63, 3.8) is 0 Å². The Morgan fingerprint density at radius 3 is 2.50 bits per heavy atom. The van der Waals surface area contributed by atoms with Gasteiger partial charge in [0.1, 0.15) is 5.75 Å². The second-order valence-electron chi connectivity index (χ2n) is 12.0. The number of nitrogens with one attached hydrogen (secondary N) is 2. The van der Waals surface area contributed by atoms with Gasteiger partial charge in [-0.05, 0) is 64.2 Å². The van der Waals surface area contributed by atoms with Gasteiger partial charge in [0.05, 0.1) is 36.7 Å². The number of sulfonamides is 1. The number of carbonyl (C=O) groups excluding carboxylic acids is 2. The van der Waals surface area contributed by atoms with E-state index in [1.54, 1.807) is 30.0 Å². The fraction of sp³-hybridized carbons (Fsp3) is 0.733. The molecular formula is C30H50N4O7S. The molecule has 0 bridgehead atoms. The standard InChI is InChI=1S/C30H50N4O7S/c1-21-18-34(22(2)20-35)29(36)26-17-25(32-30(37)31-24-12-7-6-8-13-24)14-15-27(26)41-23(3)11-9-10-16-40-28(21)19-33(4)42(5,38)39/h14-15,17,21-24,28,35H,6-13,16,18-20H2,1-5H3,(H2,31,32,37)/t21-,22-,23+,28+/m1/s1. The van der Waals surface area contributed by atoms with Gasteiger partial charge in [0.15, 0.2) is 0 Å². The van der Waals surface area contributed by atoms with Gasteiger partial charge >= 0.3 is 6.03 Å². The third-order valence-corrected chi connectivity index (χ3v) is 9.53. The van der Waals surface area contributed by atoms with Gasteiger partial charge in [-0.2, -0.15) is 0 Å². The van der Waals surface area contributed by atoms with Crippen LogP contribution in [0.5, 0.6) is 5.75 Å². The molecule has 3 N–H and O–H groups in total. The first kappa shape index (κ1) is 34.1. The highest BCUT2D eigenvalue weighted by atomic mass is 32.2. The van der Waals surface area contributed by atoms with Gasteiger partial charge < -0.3 is 30.1 Å². The van der Waals surface area contributed by atoms with Gasteiger partial charge in [0, 0.05) is 44.4 Å². The van der Waals surface area contributed by atoms with Gasteiger partial charge in [0.2, 0.25) is 10.0 Å². The van der Waals surface area contributed by atoms with E-state index in [0.717, 1.165) is 51.2 Å². The zero-order chi connectivity index (χ0) is 30.9. The molecule has 0 saturated heterocycles. The number of rotatable bonds is 7. The smallest absolute Gasteiger partial charge is 0.319 e. The quantitative estimate of drug-likeness (QED) is 0.427. The van der Waals surface area contributed by atoms with Crippen LogP contribution in [0.15, 0.2) is 18.2 Å². The first-order chi connectivity index (χ1) is 19.9. The maximum atomic E-state index is 14.2. The first-order valence-electron chi connectivity index (χ1n) is 15.2. The average molecular weight is 611 g/mol. The summed E-state index contributed by atoms with van der Waals surface area (Å²) in [6, 6.07) is 4.37. The summed E-state index contributed by atoms with van der Waals surface area (Å²) in [7, 11) is -1.91. The van der Waals surface area contributed by atoms with Gasteiger partial charge in [-0.25, -0.2) is 17.5 Å². The minimum atomic E-state index is -3.43. The van der Waals surface area contributed by atoms with Crippen LogP contribution in [0, 0.1) is 5.92 Å². The number of aliphatic hydroxyl groups excluding tert-OH is 1. The topological polar surface area (TPSA) is 138 Å². The van der Waals surface area contributed by atoms with Crippen molar-refractivity contribution in [1.29, 1.82) is 0 Å². The number of anilines is 1. The summed E-state index contributed by atoms with van der Waals surface area (Å²) in [5, 5.41) is 16.0. The van der Waals surface area contributed by atoms with Crippen molar-refractivity contribution in [2.75, 3.05) is 44.9 Å². The molecule has 1 aromatic rings. The number of fused-ring (bicyclic) bond motifs is 1. The van der Waals surface area contributed by atoms with Crippen LogP contribution >= 0.6 is 0 Å². The summed E-state index contributed by atoms with van der Waals surface area (Å²) >= 11 is 0. The number of likely N-dealkylation sites (N-methyl/N-ethyl adjacent to an activating group) is 1. The Bertz CT molecular complexity index is 1140. The summed E-state index contributed by atoms with van der Waals surface area (Å²) in [6.45, 7) is 6.19. The molecule has 1 saturated carbocycles. The van der Waals surface area contributed by atoms with Crippen LogP contribution in [0.4, 0.5) is 10.5 Å². The molecule has 11 nitrogen and oxygen atoms in total. The lowest BCUT2D eigenvalue weighted by Gasteiger charge is -2.35. The second kappa shape index (κ2) is 15.9. The lowest BCUT2D eigenvalue weighted by atomic mass is 9.96. The number of aliphatic hydroxyl groups is 1. The summed E-state index contributed by atoms with van der Waals surface area (Å²) in [5.74, 6) is -0.189. The number of hydrogen-bond donors (Lipinski definition) is 3. The molecule has 1 aliphatic heterocycles. The Morgan fingerprint density at radius 1 is 1.14 bits per heavy atom. The maximum Gasteiger partial charge on any atom is 0.319 e. The Labute approximate surface area is 251 Å². The number of ether oxygens (including phenoxy) is 2. The van der Waals surface area contributed by atoms with Crippen molar-refractivity contribution in [1.82, 2.24) is 14.5 Å². The predicted molar refractivity (Wildman–Crippen MR) is 163 cm³/mol. The van der Waals surface area contributed by atoms with Gasteiger partial charge in [-0.15, -0.1) is 0 Å². The fourth-order valence-electron chi connectivity index (χ4n) is 5.45. The molecule has 3 amide bonds. The molecule has 4 atom stereocenters. The molecule has 12 heteroatoms. The third kappa shape index (κ3) is 10.1. The lowest BCUT2D eigenvalue weighted by Crippen LogP contribution is -2.48. The monoisotopic (exact) mass is 610 g/mol. The van der Waals surface area contributed by atoms with Crippen LogP contribution < -0.4 is 15.4 Å². The average Bonchev–Trinajstić information content (AvgIpc) is 2.94. The molecule has 1 aliphatic carbocycles. The van der Waals surface area contributed by atoms with E-state index in [4.69, 9.17) is 9.47 Å². The van der Waals surface area contributed by atoms with Crippen molar-refractivity contribution in [2.24, 2.45) is 5.92 Å².